The van der Waals surface area contributed by atoms with Crippen molar-refractivity contribution in [2.75, 3.05) is 19.0 Å². The summed E-state index contributed by atoms with van der Waals surface area (Å²) in [6, 6.07) is 15.3. The molecule has 0 radical (unpaired) electrons. The number of unbranched alkanes of at least 4 members (excludes halogenated alkanes) is 3. The molecule has 0 aliphatic carbocycles. The summed E-state index contributed by atoms with van der Waals surface area (Å²) in [7, 11) is 1.24. The monoisotopic (exact) mass is 628 g/mol. The number of carbonyl (C=O) groups is 4. The van der Waals surface area contributed by atoms with Gasteiger partial charge in [-0.2, -0.15) is 13.2 Å². The van der Waals surface area contributed by atoms with Crippen LogP contribution in [-0.2, 0) is 33.5 Å². The smallest absolute Gasteiger partial charge is 0.416 e. The number of benzene rings is 3. The number of anilines is 1. The summed E-state index contributed by atoms with van der Waals surface area (Å²) >= 11 is 0. The van der Waals surface area contributed by atoms with Crippen molar-refractivity contribution in [1.29, 1.82) is 0 Å². The SMILES string of the molecule is CCCCCCC(=O)Oc1ccc(CN(CC(=O)O)C(=O)c2ccc(NC(=O)Cc3ccc(OC)cc3C(F)(F)F)cc2)cc1. The molecule has 0 unspecified atom stereocenters. The molecule has 9 nitrogen and oxygen atoms in total. The van der Waals surface area contributed by atoms with Crippen LogP contribution in [0.1, 0.15) is 66.1 Å². The number of nitrogens with zero attached hydrogens (tertiary/aromatic N) is 1. The summed E-state index contributed by atoms with van der Waals surface area (Å²) < 4.78 is 50.7. The number of hydrogen-bond acceptors (Lipinski definition) is 6. The largest absolute Gasteiger partial charge is 0.497 e. The number of nitrogens with one attached hydrogen (secondary N) is 1. The van der Waals surface area contributed by atoms with Crippen LogP contribution in [0.3, 0.4) is 0 Å². The number of hydrogen-bond donors (Lipinski definition) is 2. The molecule has 45 heavy (non-hydrogen) atoms. The number of alkyl halides is 3. The number of carboxylic acids is 1. The molecule has 3 aromatic rings. The molecule has 3 rings (SSSR count). The first-order valence-corrected chi connectivity index (χ1v) is 14.3. The van der Waals surface area contributed by atoms with E-state index in [2.05, 4.69) is 12.2 Å². The van der Waals surface area contributed by atoms with E-state index >= 15 is 0 Å². The molecular formula is C33H35F3N2O7. The molecule has 0 saturated heterocycles. The second kappa shape index (κ2) is 16.3. The number of halogens is 3. The molecular weight excluding hydrogens is 593 g/mol. The third kappa shape index (κ3) is 11.0. The highest BCUT2D eigenvalue weighted by Crippen LogP contribution is 2.34. The zero-order valence-electron chi connectivity index (χ0n) is 25.0. The Morgan fingerprint density at radius 1 is 0.889 bits per heavy atom. The van der Waals surface area contributed by atoms with Crippen molar-refractivity contribution < 1.29 is 46.9 Å². The van der Waals surface area contributed by atoms with Crippen molar-refractivity contribution >= 4 is 29.4 Å². The molecule has 0 aliphatic heterocycles. The maximum Gasteiger partial charge on any atom is 0.416 e. The van der Waals surface area contributed by atoms with Gasteiger partial charge in [-0.25, -0.2) is 0 Å². The van der Waals surface area contributed by atoms with E-state index in [1.54, 1.807) is 24.3 Å². The fraction of sp³-hybridized carbons (Fsp3) is 0.333. The standard InChI is InChI=1S/C33H35F3N2O7/c1-3-4-5-6-7-31(42)45-26-15-8-22(9-16-26)20-38(21-30(40)41)32(43)23-10-13-25(14-11-23)37-29(39)18-24-12-17-27(44-2)19-28(24)33(34,35)36/h8-17,19H,3-7,18,20-21H2,1-2H3,(H,37,39)(H,40,41). The van der Waals surface area contributed by atoms with Crippen LogP contribution in [0.25, 0.3) is 0 Å². The molecule has 0 heterocycles. The predicted molar refractivity (Wildman–Crippen MR) is 160 cm³/mol. The average molecular weight is 629 g/mol. The Hall–Kier alpha value is -4.87. The van der Waals surface area contributed by atoms with Crippen LogP contribution in [0.15, 0.2) is 66.7 Å². The second-order valence-electron chi connectivity index (χ2n) is 10.3. The fourth-order valence-electron chi connectivity index (χ4n) is 4.48. The molecule has 0 aromatic heterocycles. The van der Waals surface area contributed by atoms with E-state index < -0.39 is 42.5 Å². The Balaban J connectivity index is 1.63. The highest BCUT2D eigenvalue weighted by Gasteiger charge is 2.34. The first-order valence-electron chi connectivity index (χ1n) is 14.3. The summed E-state index contributed by atoms with van der Waals surface area (Å²) in [4.78, 5) is 50.4. The lowest BCUT2D eigenvalue weighted by atomic mass is 10.0. The van der Waals surface area contributed by atoms with Gasteiger partial charge in [-0.1, -0.05) is 44.4 Å². The number of aliphatic carboxylic acids is 1. The number of rotatable bonds is 15. The third-order valence-electron chi connectivity index (χ3n) is 6.77. The molecule has 240 valence electrons. The first-order chi connectivity index (χ1) is 21.4. The number of esters is 1. The Morgan fingerprint density at radius 2 is 1.56 bits per heavy atom. The topological polar surface area (TPSA) is 122 Å². The Morgan fingerprint density at radius 3 is 2.16 bits per heavy atom. The fourth-order valence-corrected chi connectivity index (χ4v) is 4.48. The highest BCUT2D eigenvalue weighted by atomic mass is 19.4. The molecule has 0 saturated carbocycles. The quantitative estimate of drug-likeness (QED) is 0.112. The van der Waals surface area contributed by atoms with Gasteiger partial charge in [0.05, 0.1) is 19.1 Å². The van der Waals surface area contributed by atoms with Gasteiger partial charge in [0.2, 0.25) is 5.91 Å². The number of amides is 2. The number of ether oxygens (including phenoxy) is 2. The van der Waals surface area contributed by atoms with Crippen LogP contribution in [0, 0.1) is 0 Å². The second-order valence-corrected chi connectivity index (χ2v) is 10.3. The van der Waals surface area contributed by atoms with Gasteiger partial charge in [-0.05, 0) is 66.1 Å². The zero-order valence-corrected chi connectivity index (χ0v) is 25.0. The summed E-state index contributed by atoms with van der Waals surface area (Å²) in [5.41, 5.74) is -0.236. The van der Waals surface area contributed by atoms with Crippen LogP contribution >= 0.6 is 0 Å². The van der Waals surface area contributed by atoms with Crippen molar-refractivity contribution in [3.63, 3.8) is 0 Å². The van der Waals surface area contributed by atoms with Crippen LogP contribution in [-0.4, -0.2) is 47.4 Å². The van der Waals surface area contributed by atoms with Crippen LogP contribution in [0.4, 0.5) is 18.9 Å². The lowest BCUT2D eigenvalue weighted by Crippen LogP contribution is -2.35. The number of carboxylic acid groups (broad SMARTS) is 1. The zero-order chi connectivity index (χ0) is 33.0. The minimum Gasteiger partial charge on any atom is -0.497 e. The van der Waals surface area contributed by atoms with E-state index in [1.807, 2.05) is 0 Å². The van der Waals surface area contributed by atoms with Gasteiger partial charge in [0.15, 0.2) is 0 Å². The molecule has 0 atom stereocenters. The van der Waals surface area contributed by atoms with Crippen molar-refractivity contribution in [3.8, 4) is 11.5 Å². The number of carbonyl (C=O) groups excluding carboxylic acids is 3. The maximum absolute atomic E-state index is 13.5. The summed E-state index contributed by atoms with van der Waals surface area (Å²) in [6.07, 6.45) is -1.12. The molecule has 2 amide bonds. The van der Waals surface area contributed by atoms with Gasteiger partial charge in [0.1, 0.15) is 18.0 Å². The molecule has 0 aliphatic rings. The van der Waals surface area contributed by atoms with Gasteiger partial charge in [0, 0.05) is 24.2 Å². The maximum atomic E-state index is 13.5. The van der Waals surface area contributed by atoms with Crippen molar-refractivity contribution in [2.24, 2.45) is 0 Å². The Bertz CT molecular complexity index is 1470. The Labute approximate surface area is 258 Å². The van der Waals surface area contributed by atoms with Crippen LogP contribution < -0.4 is 14.8 Å². The van der Waals surface area contributed by atoms with Crippen molar-refractivity contribution in [1.82, 2.24) is 4.90 Å². The number of methoxy groups -OCH3 is 1. The lowest BCUT2D eigenvalue weighted by molar-refractivity contribution is -0.139. The van der Waals surface area contributed by atoms with E-state index in [9.17, 15) is 37.5 Å². The van der Waals surface area contributed by atoms with E-state index in [0.29, 0.717) is 17.7 Å². The summed E-state index contributed by atoms with van der Waals surface area (Å²) in [6.45, 7) is 1.45. The predicted octanol–water partition coefficient (Wildman–Crippen LogP) is 6.50. The van der Waals surface area contributed by atoms with Crippen molar-refractivity contribution in [3.05, 3.63) is 89.0 Å². The van der Waals surface area contributed by atoms with Gasteiger partial charge in [-0.15, -0.1) is 0 Å². The minimum atomic E-state index is -4.68. The van der Waals surface area contributed by atoms with E-state index in [4.69, 9.17) is 9.47 Å². The third-order valence-corrected chi connectivity index (χ3v) is 6.77. The average Bonchev–Trinajstić information content (AvgIpc) is 2.99. The van der Waals surface area contributed by atoms with Gasteiger partial charge in [-0.3, -0.25) is 19.2 Å². The molecule has 3 aromatic carbocycles. The van der Waals surface area contributed by atoms with Crippen LogP contribution in [0.5, 0.6) is 11.5 Å². The van der Waals surface area contributed by atoms with Crippen LogP contribution in [0.2, 0.25) is 0 Å². The molecule has 0 bridgehead atoms. The Kier molecular flexibility index (Phi) is 12.5. The van der Waals surface area contributed by atoms with Gasteiger partial charge >= 0.3 is 18.1 Å². The highest BCUT2D eigenvalue weighted by molar-refractivity contribution is 5.97. The van der Waals surface area contributed by atoms with Gasteiger partial charge < -0.3 is 24.8 Å². The molecule has 2 N–H and O–H groups in total. The molecule has 0 spiro atoms. The molecule has 12 heteroatoms. The first kappa shape index (κ1) is 34.6. The van der Waals surface area contributed by atoms with E-state index in [-0.39, 0.29) is 35.1 Å². The molecule has 0 fully saturated rings. The summed E-state index contributed by atoms with van der Waals surface area (Å²) in [5, 5.41) is 11.9. The normalized spacial score (nSPS) is 11.0. The minimum absolute atomic E-state index is 0.00898. The van der Waals surface area contributed by atoms with E-state index in [1.165, 1.54) is 43.5 Å². The summed E-state index contributed by atoms with van der Waals surface area (Å²) in [5.74, 6) is -2.51. The van der Waals surface area contributed by atoms with E-state index in [0.717, 1.165) is 36.6 Å². The van der Waals surface area contributed by atoms with Crippen molar-refractivity contribution in [2.45, 2.75) is 58.2 Å². The lowest BCUT2D eigenvalue weighted by Gasteiger charge is -2.21. The van der Waals surface area contributed by atoms with Gasteiger partial charge in [0.25, 0.3) is 5.91 Å².